The van der Waals surface area contributed by atoms with Crippen LogP contribution in [0, 0.1) is 0 Å². The molecule has 0 saturated heterocycles. The Morgan fingerprint density at radius 2 is 1.89 bits per heavy atom. The summed E-state index contributed by atoms with van der Waals surface area (Å²) in [5.41, 5.74) is 1.31. The largest absolute Gasteiger partial charge is 0.355 e. The second kappa shape index (κ2) is 8.70. The summed E-state index contributed by atoms with van der Waals surface area (Å²) in [4.78, 5) is 11.8. The van der Waals surface area contributed by atoms with Crippen LogP contribution in [0.1, 0.15) is 39.2 Å². The summed E-state index contributed by atoms with van der Waals surface area (Å²) < 4.78 is 0. The van der Waals surface area contributed by atoms with Crippen LogP contribution in [-0.2, 0) is 11.2 Å². The third-order valence-electron chi connectivity index (χ3n) is 3.25. The van der Waals surface area contributed by atoms with Crippen LogP contribution >= 0.6 is 0 Å². The highest BCUT2D eigenvalue weighted by molar-refractivity contribution is 5.81. The van der Waals surface area contributed by atoms with Crippen LogP contribution in [-0.4, -0.2) is 24.5 Å². The second-order valence-corrected chi connectivity index (χ2v) is 4.97. The first-order valence-electron chi connectivity index (χ1n) is 7.25. The van der Waals surface area contributed by atoms with Gasteiger partial charge in [0, 0.05) is 12.6 Å². The molecule has 1 rings (SSSR count). The van der Waals surface area contributed by atoms with E-state index in [1.54, 1.807) is 0 Å². The molecule has 0 saturated carbocycles. The standard InChI is InChI=1S/C16H26N2O/c1-4-11-17-16(19)13(3)18-15(5-2)12-14-9-7-6-8-10-14/h6-10,13,15,18H,4-5,11-12H2,1-3H3,(H,17,19). The van der Waals surface area contributed by atoms with Crippen molar-refractivity contribution in [2.45, 2.75) is 52.1 Å². The molecular weight excluding hydrogens is 236 g/mol. The van der Waals surface area contributed by atoms with Gasteiger partial charge in [0.15, 0.2) is 0 Å². The van der Waals surface area contributed by atoms with E-state index in [1.165, 1.54) is 5.56 Å². The summed E-state index contributed by atoms with van der Waals surface area (Å²) in [5.74, 6) is 0.0911. The van der Waals surface area contributed by atoms with E-state index >= 15 is 0 Å². The van der Waals surface area contributed by atoms with Gasteiger partial charge in [-0.05, 0) is 31.7 Å². The van der Waals surface area contributed by atoms with Crippen molar-refractivity contribution in [3.05, 3.63) is 35.9 Å². The molecule has 2 N–H and O–H groups in total. The van der Waals surface area contributed by atoms with Gasteiger partial charge in [0.25, 0.3) is 0 Å². The van der Waals surface area contributed by atoms with Gasteiger partial charge < -0.3 is 10.6 Å². The first-order valence-corrected chi connectivity index (χ1v) is 7.25. The Hall–Kier alpha value is -1.35. The molecule has 0 fully saturated rings. The van der Waals surface area contributed by atoms with Crippen LogP contribution in [0.2, 0.25) is 0 Å². The van der Waals surface area contributed by atoms with Gasteiger partial charge in [0.2, 0.25) is 5.91 Å². The number of hydrogen-bond acceptors (Lipinski definition) is 2. The molecule has 106 valence electrons. The maximum Gasteiger partial charge on any atom is 0.236 e. The Balaban J connectivity index is 2.45. The molecule has 1 aromatic rings. The smallest absolute Gasteiger partial charge is 0.236 e. The summed E-state index contributed by atoms with van der Waals surface area (Å²) in [6.45, 7) is 6.89. The topological polar surface area (TPSA) is 41.1 Å². The molecule has 1 amide bonds. The van der Waals surface area contributed by atoms with Crippen molar-refractivity contribution < 1.29 is 4.79 Å². The highest BCUT2D eigenvalue weighted by Crippen LogP contribution is 2.06. The fraction of sp³-hybridized carbons (Fsp3) is 0.562. The van der Waals surface area contributed by atoms with Crippen molar-refractivity contribution in [3.63, 3.8) is 0 Å². The molecule has 0 radical (unpaired) electrons. The van der Waals surface area contributed by atoms with Gasteiger partial charge in [0.1, 0.15) is 0 Å². The monoisotopic (exact) mass is 262 g/mol. The van der Waals surface area contributed by atoms with Crippen LogP contribution in [0.25, 0.3) is 0 Å². The number of carbonyl (C=O) groups excluding carboxylic acids is 1. The van der Waals surface area contributed by atoms with Crippen molar-refractivity contribution in [3.8, 4) is 0 Å². The van der Waals surface area contributed by atoms with E-state index in [1.807, 2.05) is 13.0 Å². The van der Waals surface area contributed by atoms with Gasteiger partial charge in [-0.15, -0.1) is 0 Å². The van der Waals surface area contributed by atoms with Gasteiger partial charge in [-0.25, -0.2) is 0 Å². The molecule has 0 aromatic heterocycles. The zero-order chi connectivity index (χ0) is 14.1. The molecule has 1 aromatic carbocycles. The number of amides is 1. The first-order chi connectivity index (χ1) is 9.17. The molecule has 2 unspecified atom stereocenters. The van der Waals surface area contributed by atoms with E-state index in [-0.39, 0.29) is 11.9 Å². The first kappa shape index (κ1) is 15.7. The summed E-state index contributed by atoms with van der Waals surface area (Å²) >= 11 is 0. The number of hydrogen-bond donors (Lipinski definition) is 2. The summed E-state index contributed by atoms with van der Waals surface area (Å²) in [5, 5.41) is 6.34. The van der Waals surface area contributed by atoms with Crippen molar-refractivity contribution in [2.24, 2.45) is 0 Å². The highest BCUT2D eigenvalue weighted by Gasteiger charge is 2.16. The molecule has 0 spiro atoms. The summed E-state index contributed by atoms with van der Waals surface area (Å²) in [6.07, 6.45) is 2.95. The van der Waals surface area contributed by atoms with Crippen LogP contribution in [0.5, 0.6) is 0 Å². The van der Waals surface area contributed by atoms with E-state index in [4.69, 9.17) is 0 Å². The minimum Gasteiger partial charge on any atom is -0.355 e. The van der Waals surface area contributed by atoms with E-state index in [0.717, 1.165) is 25.8 Å². The Labute approximate surface area is 116 Å². The van der Waals surface area contributed by atoms with Gasteiger partial charge >= 0.3 is 0 Å². The van der Waals surface area contributed by atoms with E-state index < -0.39 is 0 Å². The lowest BCUT2D eigenvalue weighted by Gasteiger charge is -2.22. The molecule has 0 heterocycles. The molecule has 0 bridgehead atoms. The predicted octanol–water partition coefficient (Wildman–Crippen LogP) is 2.51. The molecular formula is C16H26N2O. The van der Waals surface area contributed by atoms with Crippen LogP contribution < -0.4 is 10.6 Å². The maximum absolute atomic E-state index is 11.8. The van der Waals surface area contributed by atoms with Gasteiger partial charge in [-0.3, -0.25) is 4.79 Å². The SMILES string of the molecule is CCCNC(=O)C(C)NC(CC)Cc1ccccc1. The maximum atomic E-state index is 11.8. The fourth-order valence-electron chi connectivity index (χ4n) is 2.05. The Morgan fingerprint density at radius 3 is 2.47 bits per heavy atom. The average Bonchev–Trinajstić information content (AvgIpc) is 2.44. The van der Waals surface area contributed by atoms with Crippen molar-refractivity contribution in [1.29, 1.82) is 0 Å². The zero-order valence-corrected chi connectivity index (χ0v) is 12.3. The van der Waals surface area contributed by atoms with Gasteiger partial charge in [-0.2, -0.15) is 0 Å². The van der Waals surface area contributed by atoms with E-state index in [0.29, 0.717) is 6.04 Å². The third kappa shape index (κ3) is 5.88. The van der Waals surface area contributed by atoms with E-state index in [2.05, 4.69) is 48.7 Å². The second-order valence-electron chi connectivity index (χ2n) is 4.97. The molecule has 0 aliphatic rings. The Bertz CT molecular complexity index is 364. The minimum atomic E-state index is -0.139. The van der Waals surface area contributed by atoms with E-state index in [9.17, 15) is 4.79 Å². The molecule has 0 aliphatic heterocycles. The van der Waals surface area contributed by atoms with Crippen LogP contribution in [0.3, 0.4) is 0 Å². The summed E-state index contributed by atoms with van der Waals surface area (Å²) in [7, 11) is 0. The molecule has 3 heteroatoms. The highest BCUT2D eigenvalue weighted by atomic mass is 16.2. The number of carbonyl (C=O) groups is 1. The summed E-state index contributed by atoms with van der Waals surface area (Å²) in [6, 6.07) is 10.6. The lowest BCUT2D eigenvalue weighted by molar-refractivity contribution is -0.122. The number of nitrogens with one attached hydrogen (secondary N) is 2. The normalized spacial score (nSPS) is 13.8. The molecule has 0 aliphatic carbocycles. The lowest BCUT2D eigenvalue weighted by Crippen LogP contribution is -2.47. The predicted molar refractivity (Wildman–Crippen MR) is 80.1 cm³/mol. The number of rotatable bonds is 8. The van der Waals surface area contributed by atoms with Crippen molar-refractivity contribution >= 4 is 5.91 Å². The molecule has 3 nitrogen and oxygen atoms in total. The van der Waals surface area contributed by atoms with Crippen LogP contribution in [0.4, 0.5) is 0 Å². The van der Waals surface area contributed by atoms with Crippen molar-refractivity contribution in [1.82, 2.24) is 10.6 Å². The van der Waals surface area contributed by atoms with Crippen molar-refractivity contribution in [2.75, 3.05) is 6.54 Å². The quantitative estimate of drug-likeness (QED) is 0.756. The minimum absolute atomic E-state index is 0.0911. The fourth-order valence-corrected chi connectivity index (χ4v) is 2.05. The number of benzene rings is 1. The zero-order valence-electron chi connectivity index (χ0n) is 12.3. The van der Waals surface area contributed by atoms with Crippen LogP contribution in [0.15, 0.2) is 30.3 Å². The Kier molecular flexibility index (Phi) is 7.19. The lowest BCUT2D eigenvalue weighted by atomic mass is 10.0. The molecule has 19 heavy (non-hydrogen) atoms. The van der Waals surface area contributed by atoms with Gasteiger partial charge in [0.05, 0.1) is 6.04 Å². The average molecular weight is 262 g/mol. The third-order valence-corrected chi connectivity index (χ3v) is 3.25. The molecule has 2 atom stereocenters. The Morgan fingerprint density at radius 1 is 1.21 bits per heavy atom. The van der Waals surface area contributed by atoms with Gasteiger partial charge in [-0.1, -0.05) is 44.2 Å².